The lowest BCUT2D eigenvalue weighted by molar-refractivity contribution is 0.404. The predicted octanol–water partition coefficient (Wildman–Crippen LogP) is 5.33. The van der Waals surface area contributed by atoms with Crippen LogP contribution in [0.4, 0.5) is 0 Å². The second-order valence-corrected chi connectivity index (χ2v) is 6.66. The van der Waals surface area contributed by atoms with E-state index in [1.54, 1.807) is 0 Å². The molecule has 1 aliphatic rings. The third kappa shape index (κ3) is 3.97. The van der Waals surface area contributed by atoms with Gasteiger partial charge in [0.05, 0.1) is 0 Å². The van der Waals surface area contributed by atoms with Gasteiger partial charge in [-0.25, -0.2) is 0 Å². The second-order valence-electron chi connectivity index (χ2n) is 5.34. The molecule has 3 heteroatoms. The van der Waals surface area contributed by atoms with E-state index in [1.165, 1.54) is 31.2 Å². The average molecular weight is 331 g/mol. The van der Waals surface area contributed by atoms with Crippen LogP contribution in [0.1, 0.15) is 51.1 Å². The van der Waals surface area contributed by atoms with E-state index in [0.717, 1.165) is 15.4 Å². The molecule has 0 bridgehead atoms. The Bertz CT molecular complexity index is 403. The Kier molecular flexibility index (Phi) is 5.11. The molecule has 0 aliphatic heterocycles. The summed E-state index contributed by atoms with van der Waals surface area (Å²) in [6, 6.07) is 7.06. The molecule has 100 valence electrons. The molecule has 1 N–H and O–H groups in total. The normalized spacial score (nSPS) is 18.7. The molecular weight excluding hydrogens is 310 g/mol. The first-order chi connectivity index (χ1) is 8.60. The summed E-state index contributed by atoms with van der Waals surface area (Å²) in [7, 11) is 0. The molecule has 1 nitrogen and oxygen atoms in total. The third-order valence-corrected chi connectivity index (χ3v) is 4.54. The second kappa shape index (κ2) is 6.40. The molecule has 0 saturated heterocycles. The van der Waals surface area contributed by atoms with Crippen molar-refractivity contribution in [3.63, 3.8) is 0 Å². The first-order valence-corrected chi connectivity index (χ1v) is 7.98. The largest absolute Gasteiger partial charge is 0.307 e. The fourth-order valence-electron chi connectivity index (χ4n) is 2.40. The van der Waals surface area contributed by atoms with Gasteiger partial charge in [-0.1, -0.05) is 53.4 Å². The number of benzene rings is 1. The number of rotatable bonds is 6. The molecule has 1 aromatic carbocycles. The van der Waals surface area contributed by atoms with Crippen molar-refractivity contribution in [3.8, 4) is 0 Å². The molecule has 1 aliphatic carbocycles. The summed E-state index contributed by atoms with van der Waals surface area (Å²) in [4.78, 5) is 0. The highest BCUT2D eigenvalue weighted by Crippen LogP contribution is 2.35. The monoisotopic (exact) mass is 329 g/mol. The molecule has 2 rings (SSSR count). The van der Waals surface area contributed by atoms with Crippen molar-refractivity contribution in [2.24, 2.45) is 5.92 Å². The van der Waals surface area contributed by atoms with Gasteiger partial charge >= 0.3 is 0 Å². The van der Waals surface area contributed by atoms with Crippen LogP contribution in [0, 0.1) is 5.92 Å². The van der Waals surface area contributed by atoms with Crippen LogP contribution in [-0.2, 0) is 0 Å². The molecule has 18 heavy (non-hydrogen) atoms. The van der Waals surface area contributed by atoms with Crippen LogP contribution in [0.25, 0.3) is 0 Å². The molecule has 0 amide bonds. The van der Waals surface area contributed by atoms with Gasteiger partial charge < -0.3 is 5.32 Å². The Morgan fingerprint density at radius 1 is 1.44 bits per heavy atom. The lowest BCUT2D eigenvalue weighted by atomic mass is 10.0. The molecule has 0 spiro atoms. The summed E-state index contributed by atoms with van der Waals surface area (Å²) < 4.78 is 1.04. The van der Waals surface area contributed by atoms with Gasteiger partial charge in [-0.2, -0.15) is 0 Å². The summed E-state index contributed by atoms with van der Waals surface area (Å²) in [6.45, 7) is 4.46. The van der Waals surface area contributed by atoms with E-state index in [1.807, 2.05) is 6.07 Å². The zero-order chi connectivity index (χ0) is 13.1. The van der Waals surface area contributed by atoms with Gasteiger partial charge in [0.15, 0.2) is 0 Å². The van der Waals surface area contributed by atoms with E-state index in [-0.39, 0.29) is 0 Å². The van der Waals surface area contributed by atoms with Crippen molar-refractivity contribution in [1.29, 1.82) is 0 Å². The summed E-state index contributed by atoms with van der Waals surface area (Å²) in [5.74, 6) is 0.968. The maximum atomic E-state index is 6.30. The number of hydrogen-bond acceptors (Lipinski definition) is 1. The molecule has 2 unspecified atom stereocenters. The van der Waals surface area contributed by atoms with E-state index in [0.29, 0.717) is 12.1 Å². The maximum Gasteiger partial charge on any atom is 0.0464 e. The number of hydrogen-bond donors (Lipinski definition) is 1. The van der Waals surface area contributed by atoms with E-state index in [2.05, 4.69) is 47.2 Å². The molecular formula is C15H21BrClN. The standard InChI is InChI=1S/C15H21BrClN/c1-3-13(8-11-4-5-11)18-10(2)14-7-6-12(16)9-15(14)17/h6-7,9-11,13,18H,3-5,8H2,1-2H3. The molecule has 0 radical (unpaired) electrons. The van der Waals surface area contributed by atoms with Gasteiger partial charge in [-0.15, -0.1) is 0 Å². The van der Waals surface area contributed by atoms with Crippen molar-refractivity contribution >= 4 is 27.5 Å². The number of nitrogens with one attached hydrogen (secondary N) is 1. The fraction of sp³-hybridized carbons (Fsp3) is 0.600. The van der Waals surface area contributed by atoms with Gasteiger partial charge in [-0.3, -0.25) is 0 Å². The summed E-state index contributed by atoms with van der Waals surface area (Å²) in [5, 5.41) is 4.55. The Balaban J connectivity index is 1.98. The Morgan fingerprint density at radius 2 is 2.17 bits per heavy atom. The van der Waals surface area contributed by atoms with Gasteiger partial charge in [0.25, 0.3) is 0 Å². The first kappa shape index (κ1) is 14.4. The molecule has 1 saturated carbocycles. The maximum absolute atomic E-state index is 6.30. The van der Waals surface area contributed by atoms with Crippen molar-refractivity contribution in [1.82, 2.24) is 5.32 Å². The highest BCUT2D eigenvalue weighted by molar-refractivity contribution is 9.10. The summed E-state index contributed by atoms with van der Waals surface area (Å²) in [5.41, 5.74) is 1.19. The lowest BCUT2D eigenvalue weighted by Gasteiger charge is -2.23. The average Bonchev–Trinajstić information content (AvgIpc) is 3.11. The van der Waals surface area contributed by atoms with Gasteiger partial charge in [-0.05, 0) is 43.4 Å². The highest BCUT2D eigenvalue weighted by atomic mass is 79.9. The summed E-state index contributed by atoms with van der Waals surface area (Å²) in [6.07, 6.45) is 5.35. The third-order valence-electron chi connectivity index (χ3n) is 3.72. The van der Waals surface area contributed by atoms with Gasteiger partial charge in [0.1, 0.15) is 0 Å². The SMILES string of the molecule is CCC(CC1CC1)NC(C)c1ccc(Br)cc1Cl. The van der Waals surface area contributed by atoms with Crippen molar-refractivity contribution in [2.75, 3.05) is 0 Å². The Hall–Kier alpha value is -0.0500. The van der Waals surface area contributed by atoms with Crippen LogP contribution in [0.15, 0.2) is 22.7 Å². The molecule has 1 aromatic rings. The van der Waals surface area contributed by atoms with Gasteiger partial charge in [0, 0.05) is 21.6 Å². The minimum Gasteiger partial charge on any atom is -0.307 e. The van der Waals surface area contributed by atoms with Crippen molar-refractivity contribution in [2.45, 2.75) is 51.6 Å². The molecule has 1 fully saturated rings. The van der Waals surface area contributed by atoms with E-state index >= 15 is 0 Å². The molecule has 2 atom stereocenters. The lowest BCUT2D eigenvalue weighted by Crippen LogP contribution is -2.31. The van der Waals surface area contributed by atoms with Crippen LogP contribution in [0.5, 0.6) is 0 Å². The molecule has 0 aromatic heterocycles. The zero-order valence-electron chi connectivity index (χ0n) is 11.0. The molecule has 0 heterocycles. The first-order valence-electron chi connectivity index (χ1n) is 6.81. The Labute approximate surface area is 123 Å². The van der Waals surface area contributed by atoms with Gasteiger partial charge in [0.2, 0.25) is 0 Å². The smallest absolute Gasteiger partial charge is 0.0464 e. The van der Waals surface area contributed by atoms with Crippen LogP contribution in [0.2, 0.25) is 5.02 Å². The zero-order valence-corrected chi connectivity index (χ0v) is 13.4. The van der Waals surface area contributed by atoms with E-state index < -0.39 is 0 Å². The van der Waals surface area contributed by atoms with Crippen LogP contribution in [-0.4, -0.2) is 6.04 Å². The minimum atomic E-state index is 0.314. The number of halogens is 2. The summed E-state index contributed by atoms with van der Waals surface area (Å²) >= 11 is 9.75. The fourth-order valence-corrected chi connectivity index (χ4v) is 3.24. The van der Waals surface area contributed by atoms with E-state index in [9.17, 15) is 0 Å². The van der Waals surface area contributed by atoms with Crippen molar-refractivity contribution < 1.29 is 0 Å². The minimum absolute atomic E-state index is 0.314. The quantitative estimate of drug-likeness (QED) is 0.743. The predicted molar refractivity (Wildman–Crippen MR) is 82.1 cm³/mol. The van der Waals surface area contributed by atoms with Crippen LogP contribution in [0.3, 0.4) is 0 Å². The van der Waals surface area contributed by atoms with Crippen LogP contribution >= 0.6 is 27.5 Å². The topological polar surface area (TPSA) is 12.0 Å². The Morgan fingerprint density at radius 3 is 2.72 bits per heavy atom. The highest BCUT2D eigenvalue weighted by Gasteiger charge is 2.25. The van der Waals surface area contributed by atoms with E-state index in [4.69, 9.17) is 11.6 Å². The van der Waals surface area contributed by atoms with Crippen LogP contribution < -0.4 is 5.32 Å². The van der Waals surface area contributed by atoms with Crippen molar-refractivity contribution in [3.05, 3.63) is 33.3 Å².